The van der Waals surface area contributed by atoms with Crippen LogP contribution in [0.3, 0.4) is 0 Å². The number of nitrogens with zero attached hydrogens (tertiary/aromatic N) is 1. The fraction of sp³-hybridized carbons (Fsp3) is 0.591. The first kappa shape index (κ1) is 21.8. The van der Waals surface area contributed by atoms with Gasteiger partial charge in [-0.3, -0.25) is 8.98 Å². The molecule has 0 aromatic heterocycles. The Bertz CT molecular complexity index is 902. The molecule has 160 valence electrons. The molecule has 29 heavy (non-hydrogen) atoms. The van der Waals surface area contributed by atoms with Crippen LogP contribution in [0.5, 0.6) is 5.75 Å². The summed E-state index contributed by atoms with van der Waals surface area (Å²) in [5.41, 5.74) is 4.62. The van der Waals surface area contributed by atoms with Gasteiger partial charge in [0.1, 0.15) is 5.75 Å². The number of amides is 1. The largest absolute Gasteiger partial charge is 0.497 e. The van der Waals surface area contributed by atoms with Crippen molar-refractivity contribution < 1.29 is 22.1 Å². The van der Waals surface area contributed by atoms with Crippen LogP contribution in [0.15, 0.2) is 23.8 Å². The summed E-state index contributed by atoms with van der Waals surface area (Å²) in [5, 5.41) is 0. The van der Waals surface area contributed by atoms with E-state index in [9.17, 15) is 13.2 Å². The molecule has 3 rings (SSSR count). The van der Waals surface area contributed by atoms with Gasteiger partial charge in [0, 0.05) is 19.0 Å². The molecule has 2 aliphatic rings. The Morgan fingerprint density at radius 1 is 1.24 bits per heavy atom. The molecule has 0 bridgehead atoms. The zero-order valence-corrected chi connectivity index (χ0v) is 18.5. The fourth-order valence-corrected chi connectivity index (χ4v) is 5.16. The van der Waals surface area contributed by atoms with E-state index in [1.54, 1.807) is 7.11 Å². The monoisotopic (exact) mass is 421 g/mol. The Labute approximate surface area is 174 Å². The lowest BCUT2D eigenvalue weighted by molar-refractivity contribution is -0.133. The third-order valence-corrected chi connectivity index (χ3v) is 6.65. The third kappa shape index (κ3) is 4.51. The minimum atomic E-state index is -3.47. The number of allylic oxidation sites excluding steroid dienone is 1. The number of hydrogen-bond donors (Lipinski definition) is 0. The molecule has 0 radical (unpaired) electrons. The molecule has 2 aliphatic carbocycles. The molecule has 0 heterocycles. The smallest absolute Gasteiger partial charge is 0.264 e. The lowest BCUT2D eigenvalue weighted by atomic mass is 9.79. The fourth-order valence-electron chi connectivity index (χ4n) is 4.76. The van der Waals surface area contributed by atoms with Gasteiger partial charge in [-0.05, 0) is 68.4 Å². The molecule has 0 saturated heterocycles. The van der Waals surface area contributed by atoms with Crippen molar-refractivity contribution in [3.63, 3.8) is 0 Å². The van der Waals surface area contributed by atoms with Crippen molar-refractivity contribution in [1.29, 1.82) is 0 Å². The van der Waals surface area contributed by atoms with E-state index >= 15 is 0 Å². The lowest BCUT2D eigenvalue weighted by Gasteiger charge is -2.30. The molecule has 2 unspecified atom stereocenters. The standard InChI is InChI=1S/C22H31NO5S/c1-5-23(6-2)22(24)19-9-7-8-18-17(12-13-28-29(4,25)26)16-11-10-15(27-3)14-20(16)21(18)19/h10-11,14,17,19H,5-9,12-13H2,1-4H3. The van der Waals surface area contributed by atoms with Crippen LogP contribution < -0.4 is 4.74 Å². The highest BCUT2D eigenvalue weighted by Gasteiger charge is 2.40. The van der Waals surface area contributed by atoms with Crippen molar-refractivity contribution in [3.05, 3.63) is 34.9 Å². The molecule has 1 aromatic carbocycles. The van der Waals surface area contributed by atoms with Crippen molar-refractivity contribution >= 4 is 21.6 Å². The van der Waals surface area contributed by atoms with Crippen LogP contribution in [0.25, 0.3) is 5.57 Å². The summed E-state index contributed by atoms with van der Waals surface area (Å²) >= 11 is 0. The van der Waals surface area contributed by atoms with E-state index in [4.69, 9.17) is 8.92 Å². The van der Waals surface area contributed by atoms with Gasteiger partial charge in [0.25, 0.3) is 10.1 Å². The van der Waals surface area contributed by atoms with Crippen LogP contribution in [0, 0.1) is 5.92 Å². The Morgan fingerprint density at radius 2 is 1.97 bits per heavy atom. The molecule has 0 spiro atoms. The lowest BCUT2D eigenvalue weighted by Crippen LogP contribution is -2.37. The van der Waals surface area contributed by atoms with E-state index in [0.29, 0.717) is 19.5 Å². The van der Waals surface area contributed by atoms with Gasteiger partial charge >= 0.3 is 0 Å². The number of carbonyl (C=O) groups is 1. The number of carbonyl (C=O) groups excluding carboxylic acids is 1. The van der Waals surface area contributed by atoms with Crippen LogP contribution in [0.1, 0.15) is 56.6 Å². The summed E-state index contributed by atoms with van der Waals surface area (Å²) in [6.07, 6.45) is 4.39. The van der Waals surface area contributed by atoms with Gasteiger partial charge in [0.2, 0.25) is 5.91 Å². The summed E-state index contributed by atoms with van der Waals surface area (Å²) < 4.78 is 33.3. The van der Waals surface area contributed by atoms with Gasteiger partial charge in [-0.1, -0.05) is 11.6 Å². The maximum atomic E-state index is 13.3. The molecule has 6 nitrogen and oxygen atoms in total. The summed E-state index contributed by atoms with van der Waals surface area (Å²) in [7, 11) is -1.83. The second-order valence-electron chi connectivity index (χ2n) is 7.71. The molecular weight excluding hydrogens is 390 g/mol. The van der Waals surface area contributed by atoms with E-state index in [1.165, 1.54) is 5.57 Å². The van der Waals surface area contributed by atoms with E-state index in [0.717, 1.165) is 48.0 Å². The van der Waals surface area contributed by atoms with Crippen molar-refractivity contribution in [1.82, 2.24) is 4.90 Å². The zero-order valence-electron chi connectivity index (χ0n) is 17.7. The van der Waals surface area contributed by atoms with Crippen molar-refractivity contribution in [2.45, 2.75) is 45.4 Å². The van der Waals surface area contributed by atoms with E-state index in [-0.39, 0.29) is 24.3 Å². The first-order valence-corrected chi connectivity index (χ1v) is 12.2. The molecule has 1 amide bonds. The number of fused-ring (bicyclic) bond motifs is 2. The molecular formula is C22H31NO5S. The second-order valence-corrected chi connectivity index (χ2v) is 9.36. The number of benzene rings is 1. The molecule has 7 heteroatoms. The molecule has 0 saturated carbocycles. The van der Waals surface area contributed by atoms with Gasteiger partial charge in [-0.15, -0.1) is 0 Å². The van der Waals surface area contributed by atoms with Crippen LogP contribution >= 0.6 is 0 Å². The van der Waals surface area contributed by atoms with Crippen molar-refractivity contribution in [2.24, 2.45) is 5.92 Å². The summed E-state index contributed by atoms with van der Waals surface area (Å²) in [6.45, 7) is 5.56. The highest BCUT2D eigenvalue weighted by molar-refractivity contribution is 7.85. The maximum absolute atomic E-state index is 13.3. The number of ether oxygens (including phenoxy) is 1. The minimum Gasteiger partial charge on any atom is -0.497 e. The molecule has 0 N–H and O–H groups in total. The Morgan fingerprint density at radius 3 is 2.59 bits per heavy atom. The van der Waals surface area contributed by atoms with Gasteiger partial charge in [0.15, 0.2) is 0 Å². The van der Waals surface area contributed by atoms with E-state index in [1.807, 2.05) is 30.9 Å². The van der Waals surface area contributed by atoms with Crippen molar-refractivity contribution in [2.75, 3.05) is 33.1 Å². The van der Waals surface area contributed by atoms with Crippen LogP contribution in [-0.2, 0) is 19.1 Å². The average Bonchev–Trinajstić information content (AvgIpc) is 3.01. The van der Waals surface area contributed by atoms with Crippen LogP contribution in [0.2, 0.25) is 0 Å². The first-order chi connectivity index (χ1) is 13.8. The number of methoxy groups -OCH3 is 1. The Kier molecular flexibility index (Phi) is 6.69. The highest BCUT2D eigenvalue weighted by Crippen LogP contribution is 2.53. The number of rotatable bonds is 8. The SMILES string of the molecule is CCN(CC)C(=O)C1CCCC2=C1c1cc(OC)ccc1C2CCOS(C)(=O)=O. The zero-order chi connectivity index (χ0) is 21.2. The molecule has 0 fully saturated rings. The molecule has 1 aromatic rings. The van der Waals surface area contributed by atoms with Crippen LogP contribution in [0.4, 0.5) is 0 Å². The third-order valence-electron chi connectivity index (χ3n) is 6.06. The Balaban J connectivity index is 2.01. The van der Waals surface area contributed by atoms with Gasteiger partial charge in [-0.2, -0.15) is 8.42 Å². The predicted octanol–water partition coefficient (Wildman–Crippen LogP) is 3.58. The van der Waals surface area contributed by atoms with Crippen LogP contribution in [-0.4, -0.2) is 52.3 Å². The average molecular weight is 422 g/mol. The van der Waals surface area contributed by atoms with Gasteiger partial charge < -0.3 is 9.64 Å². The topological polar surface area (TPSA) is 72.9 Å². The molecule has 2 atom stereocenters. The van der Waals surface area contributed by atoms with Crippen molar-refractivity contribution in [3.8, 4) is 5.75 Å². The predicted molar refractivity (Wildman–Crippen MR) is 113 cm³/mol. The normalized spacial score (nSPS) is 21.0. The highest BCUT2D eigenvalue weighted by atomic mass is 32.2. The quantitative estimate of drug-likeness (QED) is 0.600. The minimum absolute atomic E-state index is 0.0833. The summed E-state index contributed by atoms with van der Waals surface area (Å²) in [5.74, 6) is 0.887. The maximum Gasteiger partial charge on any atom is 0.264 e. The Hall–Kier alpha value is -1.86. The molecule has 0 aliphatic heterocycles. The summed E-state index contributed by atoms with van der Waals surface area (Å²) in [6, 6.07) is 6.01. The van der Waals surface area contributed by atoms with Gasteiger partial charge in [0.05, 0.1) is 25.9 Å². The summed E-state index contributed by atoms with van der Waals surface area (Å²) in [4.78, 5) is 15.2. The first-order valence-electron chi connectivity index (χ1n) is 10.3. The van der Waals surface area contributed by atoms with E-state index < -0.39 is 10.1 Å². The van der Waals surface area contributed by atoms with Gasteiger partial charge in [-0.25, -0.2) is 0 Å². The number of hydrogen-bond acceptors (Lipinski definition) is 5. The van der Waals surface area contributed by atoms with E-state index in [2.05, 4.69) is 6.07 Å². The second kappa shape index (κ2) is 8.88.